The van der Waals surface area contributed by atoms with E-state index in [2.05, 4.69) is 0 Å². The van der Waals surface area contributed by atoms with Crippen molar-refractivity contribution in [1.82, 2.24) is 9.80 Å². The summed E-state index contributed by atoms with van der Waals surface area (Å²) in [5, 5.41) is -0.0473. The smallest absolute Gasteiger partial charge is 0.257 e. The summed E-state index contributed by atoms with van der Waals surface area (Å²) in [6.45, 7) is 4.09. The molecule has 2 rings (SSSR count). The van der Waals surface area contributed by atoms with Gasteiger partial charge in [-0.2, -0.15) is 11.8 Å². The van der Waals surface area contributed by atoms with Crippen molar-refractivity contribution in [3.63, 3.8) is 0 Å². The third-order valence-electron chi connectivity index (χ3n) is 4.22. The van der Waals surface area contributed by atoms with Crippen LogP contribution in [0.3, 0.4) is 0 Å². The lowest BCUT2D eigenvalue weighted by Gasteiger charge is -2.36. The molecule has 0 radical (unpaired) electrons. The second-order valence-electron chi connectivity index (χ2n) is 5.56. The third-order valence-corrected chi connectivity index (χ3v) is 5.13. The average Bonchev–Trinajstić information content (AvgIpc) is 2.65. The molecule has 6 nitrogen and oxygen atoms in total. The number of benzene rings is 1. The van der Waals surface area contributed by atoms with Crippen molar-refractivity contribution in [3.05, 3.63) is 23.8 Å². The van der Waals surface area contributed by atoms with E-state index < -0.39 is 0 Å². The first kappa shape index (κ1) is 18.4. The van der Waals surface area contributed by atoms with Crippen LogP contribution in [0.1, 0.15) is 17.3 Å². The van der Waals surface area contributed by atoms with Crippen molar-refractivity contribution >= 4 is 23.6 Å². The number of thioether (sulfide) groups is 1. The molecule has 1 fully saturated rings. The van der Waals surface area contributed by atoms with E-state index in [1.165, 1.54) is 18.9 Å². The van der Waals surface area contributed by atoms with Crippen LogP contribution in [0.25, 0.3) is 0 Å². The van der Waals surface area contributed by atoms with E-state index in [1.807, 2.05) is 18.1 Å². The zero-order valence-electron chi connectivity index (χ0n) is 14.6. The molecule has 132 valence electrons. The van der Waals surface area contributed by atoms with Crippen molar-refractivity contribution in [3.8, 4) is 11.5 Å². The Balaban J connectivity index is 2.04. The number of hydrogen-bond donors (Lipinski definition) is 0. The van der Waals surface area contributed by atoms with E-state index in [4.69, 9.17) is 9.47 Å². The number of hydrogen-bond acceptors (Lipinski definition) is 5. The molecule has 0 spiro atoms. The molecule has 2 amide bonds. The van der Waals surface area contributed by atoms with Crippen LogP contribution in [-0.2, 0) is 4.79 Å². The maximum atomic E-state index is 12.7. The molecule has 1 aliphatic heterocycles. The summed E-state index contributed by atoms with van der Waals surface area (Å²) < 4.78 is 10.5. The van der Waals surface area contributed by atoms with Gasteiger partial charge in [0.2, 0.25) is 5.91 Å². The van der Waals surface area contributed by atoms with Crippen LogP contribution in [0.15, 0.2) is 18.2 Å². The highest BCUT2D eigenvalue weighted by Crippen LogP contribution is 2.26. The Morgan fingerprint density at radius 2 is 1.71 bits per heavy atom. The van der Waals surface area contributed by atoms with Gasteiger partial charge in [-0.1, -0.05) is 0 Å². The molecule has 1 saturated heterocycles. The normalized spacial score (nSPS) is 15.8. The fourth-order valence-electron chi connectivity index (χ4n) is 2.63. The Bertz CT molecular complexity index is 600. The highest BCUT2D eigenvalue weighted by Gasteiger charge is 2.28. The highest BCUT2D eigenvalue weighted by atomic mass is 32.2. The molecule has 1 atom stereocenters. The molecule has 0 aromatic heterocycles. The van der Waals surface area contributed by atoms with Gasteiger partial charge in [-0.15, -0.1) is 0 Å². The number of amides is 2. The number of nitrogens with zero attached hydrogens (tertiary/aromatic N) is 2. The monoisotopic (exact) mass is 352 g/mol. The van der Waals surface area contributed by atoms with Crippen LogP contribution in [0, 0.1) is 0 Å². The van der Waals surface area contributed by atoms with E-state index in [0.29, 0.717) is 43.2 Å². The van der Waals surface area contributed by atoms with Crippen molar-refractivity contribution in [1.29, 1.82) is 0 Å². The minimum absolute atomic E-state index is 0.0473. The van der Waals surface area contributed by atoms with Gasteiger partial charge in [0, 0.05) is 32.2 Å². The number of methoxy groups -OCH3 is 2. The lowest BCUT2D eigenvalue weighted by atomic mass is 10.1. The van der Waals surface area contributed by atoms with Crippen molar-refractivity contribution in [2.75, 3.05) is 46.7 Å². The largest absolute Gasteiger partial charge is 0.497 e. The number of piperazine rings is 1. The molecule has 1 heterocycles. The van der Waals surface area contributed by atoms with Crippen LogP contribution in [0.5, 0.6) is 11.5 Å². The van der Waals surface area contributed by atoms with Gasteiger partial charge in [0.05, 0.1) is 25.0 Å². The van der Waals surface area contributed by atoms with Gasteiger partial charge in [0.25, 0.3) is 5.91 Å². The summed E-state index contributed by atoms with van der Waals surface area (Å²) in [4.78, 5) is 28.5. The first-order valence-corrected chi connectivity index (χ1v) is 9.13. The van der Waals surface area contributed by atoms with Gasteiger partial charge < -0.3 is 19.3 Å². The molecule has 1 aromatic rings. The number of carbonyl (C=O) groups is 2. The molecule has 1 aliphatic rings. The van der Waals surface area contributed by atoms with Crippen LogP contribution >= 0.6 is 11.8 Å². The Morgan fingerprint density at radius 3 is 2.25 bits per heavy atom. The van der Waals surface area contributed by atoms with Crippen LogP contribution in [0.2, 0.25) is 0 Å². The minimum Gasteiger partial charge on any atom is -0.497 e. The molecule has 0 unspecified atom stereocenters. The summed E-state index contributed by atoms with van der Waals surface area (Å²) in [5.41, 5.74) is 0.510. The third kappa shape index (κ3) is 3.95. The lowest BCUT2D eigenvalue weighted by Crippen LogP contribution is -2.52. The van der Waals surface area contributed by atoms with E-state index in [9.17, 15) is 9.59 Å². The van der Waals surface area contributed by atoms with Crippen LogP contribution in [0.4, 0.5) is 0 Å². The second-order valence-corrected chi connectivity index (χ2v) is 6.74. The maximum Gasteiger partial charge on any atom is 0.257 e. The fraction of sp³-hybridized carbons (Fsp3) is 0.529. The van der Waals surface area contributed by atoms with E-state index in [1.54, 1.807) is 30.2 Å². The quantitative estimate of drug-likeness (QED) is 0.808. The minimum atomic E-state index is -0.0838. The summed E-state index contributed by atoms with van der Waals surface area (Å²) in [6, 6.07) is 5.16. The summed E-state index contributed by atoms with van der Waals surface area (Å²) in [6.07, 6.45) is 1.93. The second kappa shape index (κ2) is 8.28. The predicted molar refractivity (Wildman–Crippen MR) is 95.0 cm³/mol. The van der Waals surface area contributed by atoms with E-state index in [-0.39, 0.29) is 17.1 Å². The first-order chi connectivity index (χ1) is 11.5. The van der Waals surface area contributed by atoms with E-state index >= 15 is 0 Å². The molecule has 0 bridgehead atoms. The standard InChI is InChI=1S/C17H24N2O4S/c1-12(24-4)16(20)18-7-9-19(10-8-18)17(21)14-6-5-13(22-2)11-15(14)23-3/h5-6,11-12H,7-10H2,1-4H3/t12-/m0/s1. The van der Waals surface area contributed by atoms with Gasteiger partial charge in [-0.25, -0.2) is 0 Å². The number of ether oxygens (including phenoxy) is 2. The molecule has 24 heavy (non-hydrogen) atoms. The topological polar surface area (TPSA) is 59.1 Å². The first-order valence-electron chi connectivity index (χ1n) is 7.84. The van der Waals surface area contributed by atoms with Crippen molar-refractivity contribution in [2.24, 2.45) is 0 Å². The molecule has 1 aromatic carbocycles. The summed E-state index contributed by atoms with van der Waals surface area (Å²) >= 11 is 1.54. The average molecular weight is 352 g/mol. The predicted octanol–water partition coefficient (Wildman–Crippen LogP) is 1.74. The Morgan fingerprint density at radius 1 is 1.08 bits per heavy atom. The fourth-order valence-corrected chi connectivity index (χ4v) is 2.98. The molecular weight excluding hydrogens is 328 g/mol. The molecule has 0 saturated carbocycles. The summed E-state index contributed by atoms with van der Waals surface area (Å²) in [7, 11) is 3.11. The molecule has 0 aliphatic carbocycles. The van der Waals surface area contributed by atoms with E-state index in [0.717, 1.165) is 0 Å². The Kier molecular flexibility index (Phi) is 6.36. The van der Waals surface area contributed by atoms with Gasteiger partial charge >= 0.3 is 0 Å². The molecule has 7 heteroatoms. The Hall–Kier alpha value is -1.89. The zero-order valence-corrected chi connectivity index (χ0v) is 15.4. The zero-order chi connectivity index (χ0) is 17.7. The number of carbonyl (C=O) groups excluding carboxylic acids is 2. The molecule has 0 N–H and O–H groups in total. The van der Waals surface area contributed by atoms with Crippen LogP contribution < -0.4 is 9.47 Å². The van der Waals surface area contributed by atoms with Gasteiger partial charge in [0.1, 0.15) is 11.5 Å². The lowest BCUT2D eigenvalue weighted by molar-refractivity contribution is -0.131. The SMILES string of the molecule is COc1ccc(C(=O)N2CCN(C(=O)[C@H](C)SC)CC2)c(OC)c1. The highest BCUT2D eigenvalue weighted by molar-refractivity contribution is 7.99. The van der Waals surface area contributed by atoms with Crippen molar-refractivity contribution in [2.45, 2.75) is 12.2 Å². The maximum absolute atomic E-state index is 12.7. The number of rotatable bonds is 5. The Labute approximate surface area is 147 Å². The van der Waals surface area contributed by atoms with Crippen LogP contribution in [-0.4, -0.2) is 73.5 Å². The molecular formula is C17H24N2O4S. The summed E-state index contributed by atoms with van der Waals surface area (Å²) in [5.74, 6) is 1.19. The van der Waals surface area contributed by atoms with Crippen molar-refractivity contribution < 1.29 is 19.1 Å². The van der Waals surface area contributed by atoms with Gasteiger partial charge in [-0.3, -0.25) is 9.59 Å². The van der Waals surface area contributed by atoms with Gasteiger partial charge in [-0.05, 0) is 25.3 Å². The van der Waals surface area contributed by atoms with Gasteiger partial charge in [0.15, 0.2) is 0 Å².